The monoisotopic (exact) mass is 718 g/mol. The highest BCUT2D eigenvalue weighted by Crippen LogP contribution is 2.62. The lowest BCUT2D eigenvalue weighted by atomic mass is 9.90. The SMILES string of the molecule is Cc1cc(C)cc(Oc2c(C)cc(C)c3c2Oc2c(C)cc(C)c(-c4c(C)cc(C)c5c4Oc4c(C)cc(C)c(Oc6cc(C)cc(C)c6)c4O5)c2O3)c1. The van der Waals surface area contributed by atoms with E-state index >= 15 is 0 Å². The average molecular weight is 719 g/mol. The van der Waals surface area contributed by atoms with Crippen molar-refractivity contribution in [3.05, 3.63) is 127 Å². The van der Waals surface area contributed by atoms with E-state index in [1.54, 1.807) is 0 Å². The zero-order chi connectivity index (χ0) is 38.3. The van der Waals surface area contributed by atoms with Crippen molar-refractivity contribution >= 4 is 0 Å². The first-order valence-corrected chi connectivity index (χ1v) is 18.5. The molecule has 0 atom stereocenters. The summed E-state index contributed by atoms with van der Waals surface area (Å²) in [6.45, 7) is 24.7. The molecule has 2 aliphatic rings. The fraction of sp³-hybridized carbons (Fsp3) is 0.250. The molecule has 8 rings (SSSR count). The van der Waals surface area contributed by atoms with Gasteiger partial charge >= 0.3 is 0 Å². The molecule has 0 unspecified atom stereocenters. The summed E-state index contributed by atoms with van der Waals surface area (Å²) >= 11 is 0. The van der Waals surface area contributed by atoms with E-state index in [4.69, 9.17) is 28.4 Å². The molecule has 6 aromatic rings. The maximum Gasteiger partial charge on any atom is 0.213 e. The van der Waals surface area contributed by atoms with Crippen LogP contribution in [0.25, 0.3) is 11.1 Å². The number of aryl methyl sites for hydroxylation is 12. The molecule has 274 valence electrons. The average Bonchev–Trinajstić information content (AvgIpc) is 3.08. The molecule has 0 aromatic heterocycles. The summed E-state index contributed by atoms with van der Waals surface area (Å²) in [5.74, 6) is 7.70. The van der Waals surface area contributed by atoms with Gasteiger partial charge < -0.3 is 28.4 Å². The van der Waals surface area contributed by atoms with Gasteiger partial charge in [0.25, 0.3) is 0 Å². The van der Waals surface area contributed by atoms with Gasteiger partial charge in [-0.05, 0) is 186 Å². The van der Waals surface area contributed by atoms with Crippen molar-refractivity contribution in [1.82, 2.24) is 0 Å². The van der Waals surface area contributed by atoms with Gasteiger partial charge in [0.05, 0.1) is 0 Å². The first-order chi connectivity index (χ1) is 25.7. The molecule has 0 fully saturated rings. The second-order valence-corrected chi connectivity index (χ2v) is 15.3. The Hall–Kier alpha value is -5.88. The van der Waals surface area contributed by atoms with E-state index in [0.717, 1.165) is 89.4 Å². The van der Waals surface area contributed by atoms with Gasteiger partial charge in [0.1, 0.15) is 11.5 Å². The minimum Gasteiger partial charge on any atom is -0.453 e. The Bertz CT molecular complexity index is 2360. The van der Waals surface area contributed by atoms with Crippen LogP contribution in [0.1, 0.15) is 66.8 Å². The lowest BCUT2D eigenvalue weighted by molar-refractivity contribution is 0.333. The van der Waals surface area contributed by atoms with Gasteiger partial charge in [-0.25, -0.2) is 0 Å². The van der Waals surface area contributed by atoms with E-state index in [2.05, 4.69) is 77.9 Å². The highest BCUT2D eigenvalue weighted by molar-refractivity contribution is 5.89. The van der Waals surface area contributed by atoms with Crippen LogP contribution in [0.4, 0.5) is 0 Å². The minimum absolute atomic E-state index is 0.565. The van der Waals surface area contributed by atoms with Gasteiger partial charge in [-0.15, -0.1) is 0 Å². The number of benzene rings is 6. The van der Waals surface area contributed by atoms with Crippen LogP contribution in [0.15, 0.2) is 60.7 Å². The first kappa shape index (κ1) is 35.2. The van der Waals surface area contributed by atoms with Crippen molar-refractivity contribution in [2.45, 2.75) is 83.1 Å². The third kappa shape index (κ3) is 5.90. The van der Waals surface area contributed by atoms with E-state index in [1.807, 2.05) is 65.8 Å². The Morgan fingerprint density at radius 1 is 0.278 bits per heavy atom. The summed E-state index contributed by atoms with van der Waals surface area (Å²) < 4.78 is 41.0. The molecule has 0 bridgehead atoms. The summed E-state index contributed by atoms with van der Waals surface area (Å²) in [6.07, 6.45) is 0. The van der Waals surface area contributed by atoms with E-state index in [0.29, 0.717) is 57.5 Å². The summed E-state index contributed by atoms with van der Waals surface area (Å²) in [6, 6.07) is 20.9. The molecule has 0 spiro atoms. The Morgan fingerprint density at radius 3 is 0.889 bits per heavy atom. The van der Waals surface area contributed by atoms with E-state index in [1.165, 1.54) is 0 Å². The number of hydrogen-bond donors (Lipinski definition) is 0. The van der Waals surface area contributed by atoms with Crippen molar-refractivity contribution < 1.29 is 28.4 Å². The van der Waals surface area contributed by atoms with Crippen molar-refractivity contribution in [2.75, 3.05) is 0 Å². The zero-order valence-corrected chi connectivity index (χ0v) is 33.2. The van der Waals surface area contributed by atoms with Crippen LogP contribution >= 0.6 is 0 Å². The number of ether oxygens (including phenoxy) is 6. The summed E-state index contributed by atoms with van der Waals surface area (Å²) in [5, 5.41) is 0. The fourth-order valence-corrected chi connectivity index (χ4v) is 8.09. The second-order valence-electron chi connectivity index (χ2n) is 15.3. The molecular weight excluding hydrogens is 673 g/mol. The van der Waals surface area contributed by atoms with Gasteiger partial charge in [0.15, 0.2) is 46.0 Å². The molecule has 6 nitrogen and oxygen atoms in total. The molecular formula is C48H46O6. The molecule has 6 aromatic carbocycles. The molecule has 0 aliphatic carbocycles. The third-order valence-electron chi connectivity index (χ3n) is 10.3. The molecule has 0 radical (unpaired) electrons. The molecule has 0 amide bonds. The maximum absolute atomic E-state index is 7.00. The normalized spacial score (nSPS) is 12.3. The van der Waals surface area contributed by atoms with Crippen LogP contribution in [0.2, 0.25) is 0 Å². The molecule has 54 heavy (non-hydrogen) atoms. The molecule has 2 heterocycles. The van der Waals surface area contributed by atoms with Crippen LogP contribution in [0.5, 0.6) is 69.0 Å². The van der Waals surface area contributed by atoms with E-state index in [-0.39, 0.29) is 0 Å². The highest BCUT2D eigenvalue weighted by atomic mass is 16.6. The minimum atomic E-state index is 0.565. The summed E-state index contributed by atoms with van der Waals surface area (Å²) in [5.41, 5.74) is 14.1. The van der Waals surface area contributed by atoms with Crippen LogP contribution in [-0.2, 0) is 0 Å². The molecule has 0 saturated heterocycles. The number of fused-ring (bicyclic) bond motifs is 4. The van der Waals surface area contributed by atoms with Crippen molar-refractivity contribution in [1.29, 1.82) is 0 Å². The number of hydrogen-bond acceptors (Lipinski definition) is 6. The predicted octanol–water partition coefficient (Wildman–Crippen LogP) is 14.4. The Balaban J connectivity index is 1.26. The smallest absolute Gasteiger partial charge is 0.213 e. The largest absolute Gasteiger partial charge is 0.453 e. The molecule has 2 aliphatic heterocycles. The standard InChI is InChI=1S/C48H46O6/c1-23-13-24(2)16-35(15-23)49-41-31(9)21-33(11)43-47(41)53-39-29(7)19-27(5)37(45(39)51-43)38-28(6)20-30(8)40-46(38)52-44-34(12)22-32(10)42(48(44)54-40)50-36-17-25(3)14-26(4)18-36/h13-22H,1-12H3. The van der Waals surface area contributed by atoms with Crippen molar-refractivity contribution in [3.63, 3.8) is 0 Å². The highest BCUT2D eigenvalue weighted by Gasteiger charge is 2.36. The second kappa shape index (κ2) is 12.9. The van der Waals surface area contributed by atoms with Crippen LogP contribution < -0.4 is 28.4 Å². The fourth-order valence-electron chi connectivity index (χ4n) is 8.09. The summed E-state index contributed by atoms with van der Waals surface area (Å²) in [7, 11) is 0. The van der Waals surface area contributed by atoms with Gasteiger partial charge in [0, 0.05) is 11.1 Å². The third-order valence-corrected chi connectivity index (χ3v) is 10.3. The quantitative estimate of drug-likeness (QED) is 0.177. The van der Waals surface area contributed by atoms with Crippen LogP contribution in [0.3, 0.4) is 0 Å². The lowest BCUT2D eigenvalue weighted by Gasteiger charge is -2.31. The Kier molecular flexibility index (Phi) is 8.41. The van der Waals surface area contributed by atoms with Gasteiger partial charge in [-0.3, -0.25) is 0 Å². The topological polar surface area (TPSA) is 55.4 Å². The molecule has 0 N–H and O–H groups in total. The van der Waals surface area contributed by atoms with Crippen LogP contribution in [0, 0.1) is 83.1 Å². The van der Waals surface area contributed by atoms with E-state index in [9.17, 15) is 0 Å². The van der Waals surface area contributed by atoms with Crippen molar-refractivity contribution in [3.8, 4) is 80.1 Å². The van der Waals surface area contributed by atoms with Gasteiger partial charge in [-0.2, -0.15) is 0 Å². The lowest BCUT2D eigenvalue weighted by Crippen LogP contribution is -2.10. The van der Waals surface area contributed by atoms with Crippen molar-refractivity contribution in [2.24, 2.45) is 0 Å². The predicted molar refractivity (Wildman–Crippen MR) is 215 cm³/mol. The van der Waals surface area contributed by atoms with E-state index < -0.39 is 0 Å². The zero-order valence-electron chi connectivity index (χ0n) is 33.2. The Labute approximate surface area is 318 Å². The van der Waals surface area contributed by atoms with Gasteiger partial charge in [0.2, 0.25) is 11.5 Å². The molecule has 0 saturated carbocycles. The Morgan fingerprint density at radius 2 is 0.556 bits per heavy atom. The number of rotatable bonds is 5. The first-order valence-electron chi connectivity index (χ1n) is 18.5. The van der Waals surface area contributed by atoms with Crippen LogP contribution in [-0.4, -0.2) is 0 Å². The maximum atomic E-state index is 7.00. The van der Waals surface area contributed by atoms with Gasteiger partial charge in [-0.1, -0.05) is 24.3 Å². The molecule has 6 heteroatoms. The summed E-state index contributed by atoms with van der Waals surface area (Å²) in [4.78, 5) is 0.